The number of nitrogen functional groups attached to an aromatic ring is 1. The van der Waals surface area contributed by atoms with E-state index in [0.717, 1.165) is 30.2 Å². The molecule has 0 saturated heterocycles. The van der Waals surface area contributed by atoms with Crippen molar-refractivity contribution in [2.45, 2.75) is 13.1 Å². The van der Waals surface area contributed by atoms with Gasteiger partial charge in [-0.3, -0.25) is 0 Å². The third kappa shape index (κ3) is 1.78. The first-order valence-corrected chi connectivity index (χ1v) is 6.03. The molecule has 2 N–H and O–H groups in total. The molecule has 0 spiro atoms. The van der Waals surface area contributed by atoms with Crippen molar-refractivity contribution in [3.63, 3.8) is 0 Å². The summed E-state index contributed by atoms with van der Waals surface area (Å²) in [5, 5.41) is 0. The van der Waals surface area contributed by atoms with E-state index in [4.69, 9.17) is 10.5 Å². The van der Waals surface area contributed by atoms with Crippen molar-refractivity contribution in [1.29, 1.82) is 0 Å². The van der Waals surface area contributed by atoms with Crippen LogP contribution in [0.4, 0.5) is 11.4 Å². The lowest BCUT2D eigenvalue weighted by Gasteiger charge is -2.20. The number of hydrogen-bond donors (Lipinski definition) is 1. The maximum absolute atomic E-state index is 6.06. The predicted octanol–water partition coefficient (Wildman–Crippen LogP) is 2.80. The molecule has 1 aliphatic heterocycles. The lowest BCUT2D eigenvalue weighted by molar-refractivity contribution is 0.415. The molecule has 3 heteroatoms. The van der Waals surface area contributed by atoms with Gasteiger partial charge in [0.2, 0.25) is 0 Å². The minimum absolute atomic E-state index is 0.795. The Kier molecular flexibility index (Phi) is 2.59. The van der Waals surface area contributed by atoms with E-state index in [-0.39, 0.29) is 0 Å². The molecule has 1 aliphatic rings. The Bertz CT molecular complexity index is 555. The van der Waals surface area contributed by atoms with Crippen molar-refractivity contribution in [2.24, 2.45) is 0 Å². The molecule has 2 aromatic carbocycles. The first-order chi connectivity index (χ1) is 8.78. The Labute approximate surface area is 107 Å². The van der Waals surface area contributed by atoms with Crippen molar-refractivity contribution in [3.05, 3.63) is 53.6 Å². The first kappa shape index (κ1) is 11.0. The molecule has 0 radical (unpaired) electrons. The maximum Gasteiger partial charge on any atom is 0.121 e. The van der Waals surface area contributed by atoms with Gasteiger partial charge in [-0.25, -0.2) is 0 Å². The number of ether oxygens (including phenoxy) is 1. The third-order valence-corrected chi connectivity index (χ3v) is 3.42. The summed E-state index contributed by atoms with van der Waals surface area (Å²) < 4.78 is 5.26. The van der Waals surface area contributed by atoms with Gasteiger partial charge in [0.1, 0.15) is 5.75 Å². The number of hydrogen-bond acceptors (Lipinski definition) is 3. The number of fused-ring (bicyclic) bond motifs is 1. The van der Waals surface area contributed by atoms with Gasteiger partial charge >= 0.3 is 0 Å². The van der Waals surface area contributed by atoms with Crippen LogP contribution in [-0.2, 0) is 13.1 Å². The van der Waals surface area contributed by atoms with Crippen LogP contribution in [0.15, 0.2) is 42.5 Å². The number of anilines is 2. The monoisotopic (exact) mass is 240 g/mol. The summed E-state index contributed by atoms with van der Waals surface area (Å²) in [6, 6.07) is 14.3. The van der Waals surface area contributed by atoms with Crippen molar-refractivity contribution < 1.29 is 4.74 Å². The Morgan fingerprint density at radius 3 is 2.33 bits per heavy atom. The lowest BCUT2D eigenvalue weighted by atomic mass is 10.1. The molecule has 3 rings (SSSR count). The van der Waals surface area contributed by atoms with Crippen LogP contribution in [0.1, 0.15) is 11.1 Å². The standard InChI is InChI=1S/C15H16N2O/c1-18-13-6-7-14(16)15(8-13)17-9-11-4-2-3-5-12(11)10-17/h2-8H,9-10,16H2,1H3. The number of nitrogens with two attached hydrogens (primary N) is 1. The van der Waals surface area contributed by atoms with Crippen LogP contribution in [0.25, 0.3) is 0 Å². The fourth-order valence-electron chi connectivity index (χ4n) is 2.43. The van der Waals surface area contributed by atoms with E-state index < -0.39 is 0 Å². The average Bonchev–Trinajstić information content (AvgIpc) is 2.82. The van der Waals surface area contributed by atoms with Crippen molar-refractivity contribution in [1.82, 2.24) is 0 Å². The second-order valence-corrected chi connectivity index (χ2v) is 4.55. The van der Waals surface area contributed by atoms with Crippen LogP contribution in [-0.4, -0.2) is 7.11 Å². The Morgan fingerprint density at radius 2 is 1.72 bits per heavy atom. The summed E-state index contributed by atoms with van der Waals surface area (Å²) in [4.78, 5) is 2.28. The molecule has 0 aliphatic carbocycles. The van der Waals surface area contributed by atoms with E-state index in [1.807, 2.05) is 18.2 Å². The summed E-state index contributed by atoms with van der Waals surface area (Å²) in [7, 11) is 1.67. The van der Waals surface area contributed by atoms with E-state index >= 15 is 0 Å². The van der Waals surface area contributed by atoms with Crippen molar-refractivity contribution in [2.75, 3.05) is 17.7 Å². The van der Waals surface area contributed by atoms with E-state index in [9.17, 15) is 0 Å². The van der Waals surface area contributed by atoms with Crippen LogP contribution in [0.5, 0.6) is 5.75 Å². The molecule has 0 atom stereocenters. The van der Waals surface area contributed by atoms with Gasteiger partial charge in [-0.05, 0) is 23.3 Å². The Morgan fingerprint density at radius 1 is 1.06 bits per heavy atom. The summed E-state index contributed by atoms with van der Waals surface area (Å²) in [5.41, 5.74) is 10.7. The molecule has 0 saturated carbocycles. The van der Waals surface area contributed by atoms with Crippen molar-refractivity contribution >= 4 is 11.4 Å². The van der Waals surface area contributed by atoms with Gasteiger partial charge in [0.05, 0.1) is 18.5 Å². The van der Waals surface area contributed by atoms with Gasteiger partial charge in [0.25, 0.3) is 0 Å². The minimum Gasteiger partial charge on any atom is -0.497 e. The lowest BCUT2D eigenvalue weighted by Crippen LogP contribution is -2.16. The normalized spacial score (nSPS) is 13.5. The molecule has 0 aromatic heterocycles. The summed E-state index contributed by atoms with van der Waals surface area (Å²) >= 11 is 0. The van der Waals surface area contributed by atoms with Crippen LogP contribution < -0.4 is 15.4 Å². The van der Waals surface area contributed by atoms with Crippen LogP contribution >= 0.6 is 0 Å². The highest BCUT2D eigenvalue weighted by Crippen LogP contribution is 2.34. The average molecular weight is 240 g/mol. The number of nitrogens with zero attached hydrogens (tertiary/aromatic N) is 1. The first-order valence-electron chi connectivity index (χ1n) is 6.03. The quantitative estimate of drug-likeness (QED) is 0.820. The Balaban J connectivity index is 1.94. The molecule has 92 valence electrons. The topological polar surface area (TPSA) is 38.5 Å². The van der Waals surface area contributed by atoms with Gasteiger partial charge in [-0.1, -0.05) is 24.3 Å². The second-order valence-electron chi connectivity index (χ2n) is 4.55. The molecule has 0 amide bonds. The van der Waals surface area contributed by atoms with E-state index in [1.165, 1.54) is 11.1 Å². The SMILES string of the molecule is COc1ccc(N)c(N2Cc3ccccc3C2)c1. The van der Waals surface area contributed by atoms with E-state index in [1.54, 1.807) is 7.11 Å². The smallest absolute Gasteiger partial charge is 0.121 e. The fraction of sp³-hybridized carbons (Fsp3) is 0.200. The molecule has 0 unspecified atom stereocenters. The van der Waals surface area contributed by atoms with Crippen LogP contribution in [0, 0.1) is 0 Å². The summed E-state index contributed by atoms with van der Waals surface area (Å²) in [6.45, 7) is 1.82. The molecular weight excluding hydrogens is 224 g/mol. The van der Waals surface area contributed by atoms with E-state index in [2.05, 4.69) is 29.2 Å². The van der Waals surface area contributed by atoms with Gasteiger partial charge in [-0.15, -0.1) is 0 Å². The van der Waals surface area contributed by atoms with Gasteiger partial charge in [0.15, 0.2) is 0 Å². The number of benzene rings is 2. The molecule has 2 aromatic rings. The fourth-order valence-corrected chi connectivity index (χ4v) is 2.43. The molecule has 18 heavy (non-hydrogen) atoms. The molecule has 3 nitrogen and oxygen atoms in total. The highest BCUT2D eigenvalue weighted by atomic mass is 16.5. The van der Waals surface area contributed by atoms with Gasteiger partial charge in [0, 0.05) is 19.2 Å². The van der Waals surface area contributed by atoms with Crippen molar-refractivity contribution in [3.8, 4) is 5.75 Å². The van der Waals surface area contributed by atoms with E-state index in [0.29, 0.717) is 0 Å². The summed E-state index contributed by atoms with van der Waals surface area (Å²) in [5.74, 6) is 0.843. The molecule has 1 heterocycles. The van der Waals surface area contributed by atoms with Crippen LogP contribution in [0.2, 0.25) is 0 Å². The largest absolute Gasteiger partial charge is 0.497 e. The molecular formula is C15H16N2O. The van der Waals surface area contributed by atoms with Crippen LogP contribution in [0.3, 0.4) is 0 Å². The maximum atomic E-state index is 6.06. The second kappa shape index (κ2) is 4.26. The zero-order chi connectivity index (χ0) is 12.5. The van der Waals surface area contributed by atoms with Gasteiger partial charge < -0.3 is 15.4 Å². The minimum atomic E-state index is 0.795. The number of methoxy groups -OCH3 is 1. The Hall–Kier alpha value is -2.16. The zero-order valence-electron chi connectivity index (χ0n) is 10.4. The highest BCUT2D eigenvalue weighted by Gasteiger charge is 2.20. The summed E-state index contributed by atoms with van der Waals surface area (Å²) in [6.07, 6.45) is 0. The third-order valence-electron chi connectivity index (χ3n) is 3.42. The molecule has 0 bridgehead atoms. The predicted molar refractivity (Wildman–Crippen MR) is 73.7 cm³/mol. The number of rotatable bonds is 2. The molecule has 0 fully saturated rings. The zero-order valence-corrected chi connectivity index (χ0v) is 10.4. The highest BCUT2D eigenvalue weighted by molar-refractivity contribution is 5.70. The van der Waals surface area contributed by atoms with Gasteiger partial charge in [-0.2, -0.15) is 0 Å².